The van der Waals surface area contributed by atoms with Crippen LogP contribution in [-0.4, -0.2) is 33.7 Å². The minimum Gasteiger partial charge on any atom is -0.399 e. The topological polar surface area (TPSA) is 64.2 Å². The Hall–Kier alpha value is -2.04. The summed E-state index contributed by atoms with van der Waals surface area (Å²) in [5.41, 5.74) is 7.36. The summed E-state index contributed by atoms with van der Waals surface area (Å²) in [5, 5.41) is 5.26. The molecule has 1 saturated carbocycles. The van der Waals surface area contributed by atoms with Crippen LogP contribution >= 0.6 is 0 Å². The van der Waals surface area contributed by atoms with Crippen molar-refractivity contribution in [2.75, 3.05) is 12.8 Å². The molecule has 1 aromatic carbocycles. The Morgan fingerprint density at radius 1 is 1.56 bits per heavy atom. The smallest absolute Gasteiger partial charge is 0.244 e. The predicted molar refractivity (Wildman–Crippen MR) is 69.9 cm³/mol. The molecule has 0 radical (unpaired) electrons. The number of carbonyl (C=O) groups is 1. The number of nitrogens with zero attached hydrogens (tertiary/aromatic N) is 3. The molecule has 1 amide bonds. The fourth-order valence-corrected chi connectivity index (χ4v) is 2.12. The molecule has 5 nitrogen and oxygen atoms in total. The summed E-state index contributed by atoms with van der Waals surface area (Å²) in [6.07, 6.45) is 4.00. The number of nitrogen functional groups attached to an aromatic ring is 1. The normalized spacial score (nSPS) is 14.9. The van der Waals surface area contributed by atoms with Crippen molar-refractivity contribution in [2.45, 2.75) is 25.4 Å². The largest absolute Gasteiger partial charge is 0.399 e. The molecule has 1 heterocycles. The van der Waals surface area contributed by atoms with E-state index < -0.39 is 0 Å². The minimum absolute atomic E-state index is 0.102. The molecule has 0 bridgehead atoms. The van der Waals surface area contributed by atoms with E-state index in [4.69, 9.17) is 5.73 Å². The second-order valence-corrected chi connectivity index (χ2v) is 4.86. The van der Waals surface area contributed by atoms with Gasteiger partial charge in [-0.15, -0.1) is 0 Å². The highest BCUT2D eigenvalue weighted by molar-refractivity contribution is 5.84. The second kappa shape index (κ2) is 4.01. The fourth-order valence-electron chi connectivity index (χ4n) is 2.12. The Kier molecular flexibility index (Phi) is 2.47. The van der Waals surface area contributed by atoms with E-state index in [-0.39, 0.29) is 12.5 Å². The van der Waals surface area contributed by atoms with Crippen molar-refractivity contribution >= 4 is 22.5 Å². The second-order valence-electron chi connectivity index (χ2n) is 4.86. The van der Waals surface area contributed by atoms with E-state index in [0.29, 0.717) is 11.7 Å². The number of hydrogen-bond acceptors (Lipinski definition) is 3. The Morgan fingerprint density at radius 2 is 2.33 bits per heavy atom. The molecule has 0 unspecified atom stereocenters. The van der Waals surface area contributed by atoms with Crippen LogP contribution in [0.25, 0.3) is 10.9 Å². The Morgan fingerprint density at radius 3 is 3.06 bits per heavy atom. The lowest BCUT2D eigenvalue weighted by molar-refractivity contribution is -0.131. The van der Waals surface area contributed by atoms with Crippen LogP contribution in [0.15, 0.2) is 24.4 Å². The molecule has 1 fully saturated rings. The van der Waals surface area contributed by atoms with Crippen LogP contribution < -0.4 is 5.73 Å². The summed E-state index contributed by atoms with van der Waals surface area (Å²) in [7, 11) is 1.86. The van der Waals surface area contributed by atoms with Crippen LogP contribution in [0.2, 0.25) is 0 Å². The number of carbonyl (C=O) groups excluding carboxylic acids is 1. The van der Waals surface area contributed by atoms with Crippen LogP contribution in [-0.2, 0) is 11.3 Å². The summed E-state index contributed by atoms with van der Waals surface area (Å²) in [6.45, 7) is 0.278. The third-order valence-corrected chi connectivity index (χ3v) is 3.44. The van der Waals surface area contributed by atoms with E-state index >= 15 is 0 Å². The van der Waals surface area contributed by atoms with Crippen molar-refractivity contribution in [3.63, 3.8) is 0 Å². The number of hydrogen-bond donors (Lipinski definition) is 1. The van der Waals surface area contributed by atoms with Gasteiger partial charge in [0.05, 0.1) is 11.7 Å². The van der Waals surface area contributed by atoms with E-state index in [1.165, 1.54) is 0 Å². The molecule has 0 saturated heterocycles. The maximum absolute atomic E-state index is 12.1. The molecular formula is C13H16N4O. The first kappa shape index (κ1) is 11.1. The van der Waals surface area contributed by atoms with Gasteiger partial charge in [0.1, 0.15) is 6.54 Å². The first-order valence-corrected chi connectivity index (χ1v) is 6.12. The zero-order valence-electron chi connectivity index (χ0n) is 10.3. The quantitative estimate of drug-likeness (QED) is 0.826. The number of aromatic nitrogens is 2. The van der Waals surface area contributed by atoms with Gasteiger partial charge >= 0.3 is 0 Å². The number of anilines is 1. The predicted octanol–water partition coefficient (Wildman–Crippen LogP) is 1.24. The standard InChI is InChI=1S/C13H16N4O/c1-16(11-4-5-11)13(18)8-17-12-6-10(14)3-2-9(12)7-15-17/h2-3,6-7,11H,4-5,8,14H2,1H3. The zero-order valence-corrected chi connectivity index (χ0v) is 10.3. The molecule has 0 aliphatic heterocycles. The van der Waals surface area contributed by atoms with Crippen LogP contribution in [0.5, 0.6) is 0 Å². The first-order chi connectivity index (χ1) is 8.65. The third-order valence-electron chi connectivity index (χ3n) is 3.44. The van der Waals surface area contributed by atoms with E-state index in [1.807, 2.05) is 30.1 Å². The van der Waals surface area contributed by atoms with Gasteiger partial charge in [-0.1, -0.05) is 0 Å². The summed E-state index contributed by atoms with van der Waals surface area (Å²) in [6, 6.07) is 6.05. The molecule has 2 N–H and O–H groups in total. The van der Waals surface area contributed by atoms with Crippen molar-refractivity contribution in [2.24, 2.45) is 0 Å². The van der Waals surface area contributed by atoms with Gasteiger partial charge in [0.2, 0.25) is 5.91 Å². The molecule has 18 heavy (non-hydrogen) atoms. The lowest BCUT2D eigenvalue weighted by Gasteiger charge is -2.16. The summed E-state index contributed by atoms with van der Waals surface area (Å²) in [5.74, 6) is 0.102. The number of rotatable bonds is 3. The summed E-state index contributed by atoms with van der Waals surface area (Å²) >= 11 is 0. The molecule has 94 valence electrons. The van der Waals surface area contributed by atoms with E-state index in [2.05, 4.69) is 5.10 Å². The van der Waals surface area contributed by atoms with Crippen LogP contribution in [0, 0.1) is 0 Å². The third kappa shape index (κ3) is 1.92. The van der Waals surface area contributed by atoms with Gasteiger partial charge in [0.25, 0.3) is 0 Å². The maximum Gasteiger partial charge on any atom is 0.244 e. The number of benzene rings is 1. The maximum atomic E-state index is 12.1. The fraction of sp³-hybridized carbons (Fsp3) is 0.385. The molecule has 5 heteroatoms. The molecule has 0 spiro atoms. The van der Waals surface area contributed by atoms with Crippen molar-refractivity contribution in [1.29, 1.82) is 0 Å². The lowest BCUT2D eigenvalue weighted by atomic mass is 10.2. The zero-order chi connectivity index (χ0) is 12.7. The van der Waals surface area contributed by atoms with Crippen LogP contribution in [0.4, 0.5) is 5.69 Å². The van der Waals surface area contributed by atoms with Gasteiger partial charge in [-0.3, -0.25) is 9.48 Å². The van der Waals surface area contributed by atoms with Gasteiger partial charge < -0.3 is 10.6 Å². The van der Waals surface area contributed by atoms with Crippen molar-refractivity contribution in [1.82, 2.24) is 14.7 Å². The average Bonchev–Trinajstić information content (AvgIpc) is 3.13. The molecule has 0 atom stereocenters. The highest BCUT2D eigenvalue weighted by Crippen LogP contribution is 2.25. The molecule has 3 rings (SSSR count). The van der Waals surface area contributed by atoms with Crippen molar-refractivity contribution < 1.29 is 4.79 Å². The van der Waals surface area contributed by atoms with Crippen molar-refractivity contribution in [3.05, 3.63) is 24.4 Å². The van der Waals surface area contributed by atoms with Gasteiger partial charge in [0, 0.05) is 24.2 Å². The van der Waals surface area contributed by atoms with Gasteiger partial charge in [0.15, 0.2) is 0 Å². The van der Waals surface area contributed by atoms with E-state index in [1.54, 1.807) is 10.9 Å². The highest BCUT2D eigenvalue weighted by Gasteiger charge is 2.29. The molecule has 1 aromatic heterocycles. The van der Waals surface area contributed by atoms with E-state index in [9.17, 15) is 4.79 Å². The van der Waals surface area contributed by atoms with E-state index in [0.717, 1.165) is 23.7 Å². The Labute approximate surface area is 105 Å². The lowest BCUT2D eigenvalue weighted by Crippen LogP contribution is -2.32. The SMILES string of the molecule is CN(C(=O)Cn1ncc2ccc(N)cc21)C1CC1. The number of amides is 1. The van der Waals surface area contributed by atoms with Crippen LogP contribution in [0.1, 0.15) is 12.8 Å². The average molecular weight is 244 g/mol. The Balaban J connectivity index is 1.85. The van der Waals surface area contributed by atoms with Gasteiger partial charge in [-0.2, -0.15) is 5.10 Å². The first-order valence-electron chi connectivity index (χ1n) is 6.12. The summed E-state index contributed by atoms with van der Waals surface area (Å²) < 4.78 is 1.72. The monoisotopic (exact) mass is 244 g/mol. The van der Waals surface area contributed by atoms with Crippen molar-refractivity contribution in [3.8, 4) is 0 Å². The number of likely N-dealkylation sites (N-methyl/N-ethyl adjacent to an activating group) is 1. The minimum atomic E-state index is 0.102. The highest BCUT2D eigenvalue weighted by atomic mass is 16.2. The molecule has 2 aromatic rings. The molecule has 1 aliphatic rings. The summed E-state index contributed by atoms with van der Waals surface area (Å²) in [4.78, 5) is 13.9. The number of nitrogens with two attached hydrogens (primary N) is 1. The Bertz CT molecular complexity index is 600. The van der Waals surface area contributed by atoms with Gasteiger partial charge in [-0.25, -0.2) is 0 Å². The number of fused-ring (bicyclic) bond motifs is 1. The molecular weight excluding hydrogens is 228 g/mol. The van der Waals surface area contributed by atoms with Gasteiger partial charge in [-0.05, 0) is 31.0 Å². The van der Waals surface area contributed by atoms with Crippen LogP contribution in [0.3, 0.4) is 0 Å². The molecule has 1 aliphatic carbocycles.